The molecule has 3 aromatic rings. The molecule has 0 atom stereocenters. The maximum absolute atomic E-state index is 12.3. The SMILES string of the molecule is FCC#Cc1ccccc1-c1ccnc(-c2ccccc2)c1. The standard InChI is InChI=1S/C20H14FN/c21-13-6-10-16-7-4-5-11-19(16)18-12-14-22-20(15-18)17-8-2-1-3-9-17/h1-5,7-9,11-12,14-15H,13H2. The van der Waals surface area contributed by atoms with Crippen molar-refractivity contribution in [2.45, 2.75) is 0 Å². The first kappa shape index (κ1) is 14.0. The molecule has 1 heterocycles. The molecule has 0 saturated heterocycles. The fourth-order valence-corrected chi connectivity index (χ4v) is 2.34. The third kappa shape index (κ3) is 3.05. The molecule has 0 radical (unpaired) electrons. The van der Waals surface area contributed by atoms with Gasteiger partial charge in [-0.2, -0.15) is 0 Å². The first-order valence-corrected chi connectivity index (χ1v) is 7.04. The van der Waals surface area contributed by atoms with E-state index in [9.17, 15) is 4.39 Å². The Bertz CT molecular complexity index is 829. The van der Waals surface area contributed by atoms with E-state index in [1.54, 1.807) is 6.20 Å². The van der Waals surface area contributed by atoms with E-state index < -0.39 is 6.67 Å². The first-order valence-electron chi connectivity index (χ1n) is 7.04. The third-order valence-corrected chi connectivity index (χ3v) is 3.36. The van der Waals surface area contributed by atoms with Gasteiger partial charge in [-0.05, 0) is 29.3 Å². The minimum atomic E-state index is -0.639. The lowest BCUT2D eigenvalue weighted by Crippen LogP contribution is -1.88. The lowest BCUT2D eigenvalue weighted by molar-refractivity contribution is 0.573. The van der Waals surface area contributed by atoms with Crippen molar-refractivity contribution in [3.8, 4) is 34.2 Å². The molecule has 0 spiro atoms. The molecule has 0 unspecified atom stereocenters. The van der Waals surface area contributed by atoms with Crippen LogP contribution in [0.25, 0.3) is 22.4 Å². The maximum atomic E-state index is 12.3. The smallest absolute Gasteiger partial charge is 0.150 e. The molecule has 1 nitrogen and oxygen atoms in total. The van der Waals surface area contributed by atoms with Gasteiger partial charge >= 0.3 is 0 Å². The van der Waals surface area contributed by atoms with E-state index in [1.807, 2.05) is 66.7 Å². The van der Waals surface area contributed by atoms with Crippen LogP contribution in [0.15, 0.2) is 72.9 Å². The highest BCUT2D eigenvalue weighted by Crippen LogP contribution is 2.26. The van der Waals surface area contributed by atoms with Crippen LogP contribution in [0, 0.1) is 11.8 Å². The summed E-state index contributed by atoms with van der Waals surface area (Å²) < 4.78 is 12.3. The van der Waals surface area contributed by atoms with Gasteiger partial charge in [0.15, 0.2) is 6.67 Å². The van der Waals surface area contributed by atoms with Gasteiger partial charge < -0.3 is 0 Å². The van der Waals surface area contributed by atoms with E-state index in [0.29, 0.717) is 0 Å². The average molecular weight is 287 g/mol. The number of pyridine rings is 1. The fraction of sp³-hybridized carbons (Fsp3) is 0.0500. The van der Waals surface area contributed by atoms with E-state index in [-0.39, 0.29) is 0 Å². The average Bonchev–Trinajstić information content (AvgIpc) is 2.61. The molecule has 0 fully saturated rings. The Kier molecular flexibility index (Phi) is 4.27. The van der Waals surface area contributed by atoms with Gasteiger partial charge in [-0.15, -0.1) is 0 Å². The lowest BCUT2D eigenvalue weighted by atomic mass is 9.99. The number of hydrogen-bond acceptors (Lipinski definition) is 1. The molecule has 2 aromatic carbocycles. The summed E-state index contributed by atoms with van der Waals surface area (Å²) in [5.41, 5.74) is 4.81. The predicted molar refractivity (Wildman–Crippen MR) is 88.0 cm³/mol. The van der Waals surface area contributed by atoms with Crippen LogP contribution in [0.2, 0.25) is 0 Å². The van der Waals surface area contributed by atoms with Crippen LogP contribution in [0.5, 0.6) is 0 Å². The summed E-state index contributed by atoms with van der Waals surface area (Å²) in [4.78, 5) is 4.43. The summed E-state index contributed by atoms with van der Waals surface area (Å²) in [5.74, 6) is 5.36. The molecule has 2 heteroatoms. The summed E-state index contributed by atoms with van der Waals surface area (Å²) in [6.45, 7) is -0.639. The zero-order chi connectivity index (χ0) is 15.2. The van der Waals surface area contributed by atoms with Crippen LogP contribution < -0.4 is 0 Å². The number of aromatic nitrogens is 1. The molecule has 0 aliphatic rings. The first-order chi connectivity index (χ1) is 10.9. The number of rotatable bonds is 2. The number of alkyl halides is 1. The lowest BCUT2D eigenvalue weighted by Gasteiger charge is -2.07. The van der Waals surface area contributed by atoms with Gasteiger partial charge in [-0.25, -0.2) is 4.39 Å². The number of hydrogen-bond donors (Lipinski definition) is 0. The Morgan fingerprint density at radius 1 is 0.864 bits per heavy atom. The molecule has 106 valence electrons. The second-order valence-electron chi connectivity index (χ2n) is 4.78. The quantitative estimate of drug-likeness (QED) is 0.621. The fourth-order valence-electron chi connectivity index (χ4n) is 2.34. The number of benzene rings is 2. The third-order valence-electron chi connectivity index (χ3n) is 3.36. The van der Waals surface area contributed by atoms with Gasteiger partial charge in [0.25, 0.3) is 0 Å². The minimum absolute atomic E-state index is 0.639. The summed E-state index contributed by atoms with van der Waals surface area (Å²) >= 11 is 0. The van der Waals surface area contributed by atoms with Crippen LogP contribution in [0.4, 0.5) is 4.39 Å². The Morgan fingerprint density at radius 3 is 2.45 bits per heavy atom. The Balaban J connectivity index is 2.07. The molecule has 0 saturated carbocycles. The Morgan fingerprint density at radius 2 is 1.64 bits per heavy atom. The van der Waals surface area contributed by atoms with Crippen molar-refractivity contribution in [3.63, 3.8) is 0 Å². The van der Waals surface area contributed by atoms with Gasteiger partial charge in [-0.1, -0.05) is 60.4 Å². The van der Waals surface area contributed by atoms with Gasteiger partial charge in [-0.3, -0.25) is 4.98 Å². The summed E-state index contributed by atoms with van der Waals surface area (Å²) in [6.07, 6.45) is 1.79. The van der Waals surface area contributed by atoms with E-state index in [4.69, 9.17) is 0 Å². The minimum Gasteiger partial charge on any atom is -0.256 e. The highest BCUT2D eigenvalue weighted by atomic mass is 19.1. The summed E-state index contributed by atoms with van der Waals surface area (Å²) in [5, 5.41) is 0. The molecule has 3 rings (SSSR count). The molecule has 22 heavy (non-hydrogen) atoms. The topological polar surface area (TPSA) is 12.9 Å². The van der Waals surface area contributed by atoms with Gasteiger partial charge in [0, 0.05) is 17.3 Å². The van der Waals surface area contributed by atoms with Crippen molar-refractivity contribution in [1.29, 1.82) is 0 Å². The van der Waals surface area contributed by atoms with Gasteiger partial charge in [0.1, 0.15) is 0 Å². The Labute approximate surface area is 129 Å². The highest BCUT2D eigenvalue weighted by Gasteiger charge is 2.05. The van der Waals surface area contributed by atoms with Crippen LogP contribution in [0.1, 0.15) is 5.56 Å². The van der Waals surface area contributed by atoms with Crippen molar-refractivity contribution >= 4 is 0 Å². The van der Waals surface area contributed by atoms with Crippen LogP contribution in [-0.2, 0) is 0 Å². The van der Waals surface area contributed by atoms with Crippen molar-refractivity contribution in [2.75, 3.05) is 6.67 Å². The number of halogens is 1. The van der Waals surface area contributed by atoms with E-state index >= 15 is 0 Å². The molecule has 0 N–H and O–H groups in total. The second kappa shape index (κ2) is 6.69. The molecular weight excluding hydrogens is 273 g/mol. The highest BCUT2D eigenvalue weighted by molar-refractivity contribution is 5.74. The van der Waals surface area contributed by atoms with Crippen LogP contribution >= 0.6 is 0 Å². The largest absolute Gasteiger partial charge is 0.256 e. The molecular formula is C20H14FN. The zero-order valence-electron chi connectivity index (χ0n) is 12.0. The molecule has 0 aliphatic carbocycles. The monoisotopic (exact) mass is 287 g/mol. The van der Waals surface area contributed by atoms with Gasteiger partial charge in [0.2, 0.25) is 0 Å². The maximum Gasteiger partial charge on any atom is 0.150 e. The van der Waals surface area contributed by atoms with E-state index in [2.05, 4.69) is 16.8 Å². The van der Waals surface area contributed by atoms with Crippen molar-refractivity contribution in [1.82, 2.24) is 4.98 Å². The Hall–Kier alpha value is -2.92. The van der Waals surface area contributed by atoms with Crippen LogP contribution in [0.3, 0.4) is 0 Å². The van der Waals surface area contributed by atoms with E-state index in [0.717, 1.165) is 27.9 Å². The van der Waals surface area contributed by atoms with Crippen LogP contribution in [-0.4, -0.2) is 11.7 Å². The zero-order valence-corrected chi connectivity index (χ0v) is 12.0. The molecule has 0 bridgehead atoms. The normalized spacial score (nSPS) is 9.86. The second-order valence-corrected chi connectivity index (χ2v) is 4.78. The molecule has 0 amide bonds. The summed E-state index contributed by atoms with van der Waals surface area (Å²) in [6, 6.07) is 21.8. The molecule has 1 aromatic heterocycles. The summed E-state index contributed by atoms with van der Waals surface area (Å²) in [7, 11) is 0. The van der Waals surface area contributed by atoms with E-state index in [1.165, 1.54) is 0 Å². The predicted octanol–water partition coefficient (Wildman–Crippen LogP) is 4.74. The van der Waals surface area contributed by atoms with Crippen molar-refractivity contribution < 1.29 is 4.39 Å². The number of nitrogens with zero attached hydrogens (tertiary/aromatic N) is 1. The van der Waals surface area contributed by atoms with Crippen molar-refractivity contribution in [2.24, 2.45) is 0 Å². The molecule has 0 aliphatic heterocycles. The van der Waals surface area contributed by atoms with Gasteiger partial charge in [0.05, 0.1) is 5.69 Å². The van der Waals surface area contributed by atoms with Crippen molar-refractivity contribution in [3.05, 3.63) is 78.5 Å².